The van der Waals surface area contributed by atoms with Crippen molar-refractivity contribution < 1.29 is 14.8 Å². The maximum Gasteiger partial charge on any atom is 0.274 e. The molecule has 0 radical (unpaired) electrons. The Bertz CT molecular complexity index is 1090. The first kappa shape index (κ1) is 20.4. The summed E-state index contributed by atoms with van der Waals surface area (Å²) in [4.78, 5) is 25.9. The fourth-order valence-electron chi connectivity index (χ4n) is 4.18. The number of aromatic nitrogens is 1. The fraction of sp³-hybridized carbons (Fsp3) is 0.304. The van der Waals surface area contributed by atoms with Gasteiger partial charge in [0.1, 0.15) is 0 Å². The number of nitrogens with zero attached hydrogens (tertiary/aromatic N) is 1. The summed E-state index contributed by atoms with van der Waals surface area (Å²) < 4.78 is 2.19. The van der Waals surface area contributed by atoms with E-state index in [2.05, 4.69) is 21.3 Å². The van der Waals surface area contributed by atoms with Crippen molar-refractivity contribution in [2.24, 2.45) is 0 Å². The summed E-state index contributed by atoms with van der Waals surface area (Å²) in [5, 5.41) is 14.1. The normalized spacial score (nSPS) is 15.5. The van der Waals surface area contributed by atoms with Gasteiger partial charge in [0.25, 0.3) is 11.8 Å². The van der Waals surface area contributed by atoms with Crippen molar-refractivity contribution >= 4 is 23.2 Å². The standard InChI is InChI=1S/C23H25N3O3S/c1-14-10-21(15(2)26(14)13-20-4-3-9-30-20)23(28)24-19-8-7-16-11-18(22(27)25-29)6-5-17(16)12-19/h3-6,9-11,19,29H,7-8,12-13H2,1-2H3,(H,24,28)(H,25,27). The average Bonchev–Trinajstić information content (AvgIpc) is 3.36. The molecule has 30 heavy (non-hydrogen) atoms. The van der Waals surface area contributed by atoms with Gasteiger partial charge in [0.2, 0.25) is 0 Å². The summed E-state index contributed by atoms with van der Waals surface area (Å²) in [5.74, 6) is -0.545. The Hall–Kier alpha value is -2.90. The number of aryl methyl sites for hydroxylation is 2. The zero-order valence-corrected chi connectivity index (χ0v) is 17.9. The van der Waals surface area contributed by atoms with E-state index in [4.69, 9.17) is 5.21 Å². The van der Waals surface area contributed by atoms with Crippen molar-refractivity contribution in [3.05, 3.63) is 80.3 Å². The minimum absolute atomic E-state index is 0.0368. The molecule has 4 rings (SSSR count). The lowest BCUT2D eigenvalue weighted by molar-refractivity contribution is 0.0706. The SMILES string of the molecule is Cc1cc(C(=O)NC2CCc3cc(C(=O)NO)ccc3C2)c(C)n1Cc1cccs1. The van der Waals surface area contributed by atoms with E-state index in [0.29, 0.717) is 5.56 Å². The van der Waals surface area contributed by atoms with Crippen LogP contribution < -0.4 is 10.8 Å². The first-order chi connectivity index (χ1) is 14.5. The third-order valence-electron chi connectivity index (χ3n) is 5.85. The lowest BCUT2D eigenvalue weighted by Gasteiger charge is -2.26. The molecule has 156 valence electrons. The molecular formula is C23H25N3O3S. The highest BCUT2D eigenvalue weighted by Crippen LogP contribution is 2.24. The highest BCUT2D eigenvalue weighted by atomic mass is 32.1. The van der Waals surface area contributed by atoms with Crippen LogP contribution in [0.2, 0.25) is 0 Å². The van der Waals surface area contributed by atoms with E-state index in [1.807, 2.05) is 38.1 Å². The van der Waals surface area contributed by atoms with Crippen LogP contribution in [-0.4, -0.2) is 27.6 Å². The minimum Gasteiger partial charge on any atom is -0.349 e. The molecule has 3 aromatic rings. The first-order valence-corrected chi connectivity index (χ1v) is 10.9. The molecule has 3 N–H and O–H groups in total. The van der Waals surface area contributed by atoms with Crippen molar-refractivity contribution in [2.45, 2.75) is 45.7 Å². The number of hydrogen-bond donors (Lipinski definition) is 3. The van der Waals surface area contributed by atoms with E-state index in [0.717, 1.165) is 53.9 Å². The molecule has 1 atom stereocenters. The molecule has 0 fully saturated rings. The predicted octanol–water partition coefficient (Wildman–Crippen LogP) is 3.62. The summed E-state index contributed by atoms with van der Waals surface area (Å²) in [7, 11) is 0. The number of carbonyl (C=O) groups is 2. The molecule has 0 saturated carbocycles. The molecule has 0 saturated heterocycles. The number of hydroxylamine groups is 1. The van der Waals surface area contributed by atoms with E-state index in [1.54, 1.807) is 22.9 Å². The van der Waals surface area contributed by atoms with Gasteiger partial charge in [0.05, 0.1) is 12.1 Å². The van der Waals surface area contributed by atoms with Gasteiger partial charge in [-0.3, -0.25) is 14.8 Å². The number of rotatable bonds is 5. The van der Waals surface area contributed by atoms with Crippen molar-refractivity contribution in [2.75, 3.05) is 0 Å². The monoisotopic (exact) mass is 423 g/mol. The van der Waals surface area contributed by atoms with Gasteiger partial charge in [-0.2, -0.15) is 0 Å². The van der Waals surface area contributed by atoms with Crippen LogP contribution in [0, 0.1) is 13.8 Å². The number of benzene rings is 1. The van der Waals surface area contributed by atoms with E-state index >= 15 is 0 Å². The lowest BCUT2D eigenvalue weighted by atomic mass is 9.87. The van der Waals surface area contributed by atoms with Crippen LogP contribution in [0.5, 0.6) is 0 Å². The quantitative estimate of drug-likeness (QED) is 0.433. The second-order valence-corrected chi connectivity index (χ2v) is 8.82. The largest absolute Gasteiger partial charge is 0.349 e. The number of amides is 2. The Morgan fingerprint density at radius 3 is 2.73 bits per heavy atom. The minimum atomic E-state index is -0.508. The molecule has 1 aromatic carbocycles. The predicted molar refractivity (Wildman–Crippen MR) is 116 cm³/mol. The number of hydrogen-bond acceptors (Lipinski definition) is 4. The Kier molecular flexibility index (Phi) is 5.74. The highest BCUT2D eigenvalue weighted by molar-refractivity contribution is 7.09. The molecular weight excluding hydrogens is 398 g/mol. The van der Waals surface area contributed by atoms with Gasteiger partial charge in [-0.25, -0.2) is 5.48 Å². The Balaban J connectivity index is 1.46. The Labute approximate surface area is 179 Å². The first-order valence-electron chi connectivity index (χ1n) is 10.0. The third kappa shape index (κ3) is 4.04. The summed E-state index contributed by atoms with van der Waals surface area (Å²) >= 11 is 1.72. The van der Waals surface area contributed by atoms with E-state index in [1.165, 1.54) is 4.88 Å². The molecule has 1 aliphatic rings. The second kappa shape index (κ2) is 8.45. The van der Waals surface area contributed by atoms with Gasteiger partial charge >= 0.3 is 0 Å². The molecule has 2 amide bonds. The molecule has 1 unspecified atom stereocenters. The van der Waals surface area contributed by atoms with Crippen molar-refractivity contribution in [3.8, 4) is 0 Å². The van der Waals surface area contributed by atoms with E-state index in [-0.39, 0.29) is 11.9 Å². The molecule has 0 aliphatic heterocycles. The second-order valence-electron chi connectivity index (χ2n) is 7.79. The number of carbonyl (C=O) groups excluding carboxylic acids is 2. The van der Waals surface area contributed by atoms with Crippen LogP contribution in [0.15, 0.2) is 41.8 Å². The fourth-order valence-corrected chi connectivity index (χ4v) is 4.87. The Morgan fingerprint density at radius 1 is 1.17 bits per heavy atom. The summed E-state index contributed by atoms with van der Waals surface area (Å²) in [5.41, 5.74) is 7.12. The van der Waals surface area contributed by atoms with Gasteiger partial charge in [-0.15, -0.1) is 11.3 Å². The topological polar surface area (TPSA) is 83.4 Å². The third-order valence-corrected chi connectivity index (χ3v) is 6.71. The van der Waals surface area contributed by atoms with Crippen molar-refractivity contribution in [3.63, 3.8) is 0 Å². The van der Waals surface area contributed by atoms with Gasteiger partial charge in [0, 0.05) is 27.9 Å². The highest BCUT2D eigenvalue weighted by Gasteiger charge is 2.23. The maximum atomic E-state index is 13.0. The lowest BCUT2D eigenvalue weighted by Crippen LogP contribution is -2.39. The maximum absolute atomic E-state index is 13.0. The molecule has 0 spiro atoms. The van der Waals surface area contributed by atoms with Crippen LogP contribution in [0.25, 0.3) is 0 Å². The van der Waals surface area contributed by atoms with Gasteiger partial charge in [0.15, 0.2) is 0 Å². The van der Waals surface area contributed by atoms with Crippen LogP contribution >= 0.6 is 11.3 Å². The summed E-state index contributed by atoms with van der Waals surface area (Å²) in [6, 6.07) is 11.6. The number of thiophene rings is 1. The van der Waals surface area contributed by atoms with E-state index < -0.39 is 5.91 Å². The van der Waals surface area contributed by atoms with Crippen LogP contribution in [0.4, 0.5) is 0 Å². The van der Waals surface area contributed by atoms with Gasteiger partial charge in [-0.05, 0) is 73.9 Å². The van der Waals surface area contributed by atoms with E-state index in [9.17, 15) is 9.59 Å². The van der Waals surface area contributed by atoms with Crippen molar-refractivity contribution in [1.29, 1.82) is 0 Å². The Morgan fingerprint density at radius 2 is 2.00 bits per heavy atom. The van der Waals surface area contributed by atoms with Gasteiger partial charge < -0.3 is 9.88 Å². The molecule has 2 heterocycles. The van der Waals surface area contributed by atoms with Crippen molar-refractivity contribution in [1.82, 2.24) is 15.4 Å². The zero-order chi connectivity index (χ0) is 21.3. The molecule has 6 nitrogen and oxygen atoms in total. The summed E-state index contributed by atoms with van der Waals surface area (Å²) in [6.07, 6.45) is 2.33. The summed E-state index contributed by atoms with van der Waals surface area (Å²) in [6.45, 7) is 4.82. The molecule has 1 aliphatic carbocycles. The van der Waals surface area contributed by atoms with Gasteiger partial charge in [-0.1, -0.05) is 12.1 Å². The molecule has 0 bridgehead atoms. The zero-order valence-electron chi connectivity index (χ0n) is 17.1. The van der Waals surface area contributed by atoms with Crippen LogP contribution in [0.1, 0.15) is 54.5 Å². The molecule has 7 heteroatoms. The number of nitrogens with one attached hydrogen (secondary N) is 2. The smallest absolute Gasteiger partial charge is 0.274 e. The number of fused-ring (bicyclic) bond motifs is 1. The van der Waals surface area contributed by atoms with Crippen LogP contribution in [0.3, 0.4) is 0 Å². The average molecular weight is 424 g/mol. The molecule has 2 aromatic heterocycles. The van der Waals surface area contributed by atoms with Crippen LogP contribution in [-0.2, 0) is 19.4 Å².